The maximum Gasteiger partial charge on any atom is 0.0702 e. The highest BCUT2D eigenvalue weighted by molar-refractivity contribution is 5.14. The predicted octanol–water partition coefficient (Wildman–Crippen LogP) is 5.42. The quantitative estimate of drug-likeness (QED) is 0.505. The Balaban J connectivity index is 1.54. The van der Waals surface area contributed by atoms with Crippen LogP contribution >= 0.6 is 0 Å². The van der Waals surface area contributed by atoms with Crippen molar-refractivity contribution in [3.63, 3.8) is 0 Å². The minimum atomic E-state index is 0.451. The summed E-state index contributed by atoms with van der Waals surface area (Å²) >= 11 is 0. The van der Waals surface area contributed by atoms with E-state index in [4.69, 9.17) is 4.74 Å². The molecule has 130 valence electrons. The molecule has 0 saturated carbocycles. The van der Waals surface area contributed by atoms with Gasteiger partial charge in [-0.15, -0.1) is 0 Å². The van der Waals surface area contributed by atoms with Gasteiger partial charge in [-0.25, -0.2) is 0 Å². The summed E-state index contributed by atoms with van der Waals surface area (Å²) in [4.78, 5) is 2.55. The molecule has 1 aromatic rings. The molecular formula is C21H35NO. The molecule has 1 aliphatic heterocycles. The van der Waals surface area contributed by atoms with Crippen molar-refractivity contribution in [3.05, 3.63) is 35.9 Å². The van der Waals surface area contributed by atoms with E-state index in [1.165, 1.54) is 63.4 Å². The van der Waals surface area contributed by atoms with E-state index in [1.807, 2.05) is 0 Å². The van der Waals surface area contributed by atoms with Crippen LogP contribution in [0.5, 0.6) is 0 Å². The van der Waals surface area contributed by atoms with E-state index in [1.54, 1.807) is 0 Å². The van der Waals surface area contributed by atoms with Crippen molar-refractivity contribution in [2.75, 3.05) is 19.7 Å². The Morgan fingerprint density at radius 1 is 0.957 bits per heavy atom. The lowest BCUT2D eigenvalue weighted by Crippen LogP contribution is -2.41. The topological polar surface area (TPSA) is 12.5 Å². The van der Waals surface area contributed by atoms with Crippen molar-refractivity contribution >= 4 is 0 Å². The minimum absolute atomic E-state index is 0.451. The lowest BCUT2D eigenvalue weighted by atomic mass is 10.0. The van der Waals surface area contributed by atoms with Crippen LogP contribution in [0.25, 0.3) is 0 Å². The summed E-state index contributed by atoms with van der Waals surface area (Å²) in [6.45, 7) is 6.42. The molecule has 0 N–H and O–H groups in total. The summed E-state index contributed by atoms with van der Waals surface area (Å²) in [5.74, 6) is 0. The monoisotopic (exact) mass is 317 g/mol. The van der Waals surface area contributed by atoms with Crippen LogP contribution in [0.1, 0.15) is 70.3 Å². The van der Waals surface area contributed by atoms with Gasteiger partial charge in [-0.2, -0.15) is 0 Å². The second-order valence-electron chi connectivity index (χ2n) is 6.98. The zero-order valence-electron chi connectivity index (χ0n) is 15.0. The Bertz CT molecular complexity index is 392. The molecule has 0 amide bonds. The van der Waals surface area contributed by atoms with Crippen LogP contribution in [0.2, 0.25) is 0 Å². The fourth-order valence-corrected chi connectivity index (χ4v) is 3.45. The third-order valence-corrected chi connectivity index (χ3v) is 4.85. The molecule has 0 bridgehead atoms. The van der Waals surface area contributed by atoms with Gasteiger partial charge < -0.3 is 4.74 Å². The van der Waals surface area contributed by atoms with Crippen molar-refractivity contribution in [2.45, 2.75) is 77.4 Å². The van der Waals surface area contributed by atoms with Crippen molar-refractivity contribution in [2.24, 2.45) is 0 Å². The minimum Gasteiger partial charge on any atom is -0.376 e. The first kappa shape index (κ1) is 18.5. The first-order chi connectivity index (χ1) is 11.4. The molecule has 1 fully saturated rings. The van der Waals surface area contributed by atoms with Crippen LogP contribution in [0, 0.1) is 0 Å². The summed E-state index contributed by atoms with van der Waals surface area (Å²) in [5, 5.41) is 0. The maximum atomic E-state index is 5.96. The van der Waals surface area contributed by atoms with Gasteiger partial charge >= 0.3 is 0 Å². The Kier molecular flexibility index (Phi) is 9.35. The number of nitrogens with zero attached hydrogens (tertiary/aromatic N) is 1. The zero-order chi connectivity index (χ0) is 16.2. The molecule has 2 nitrogen and oxygen atoms in total. The Labute approximate surface area is 143 Å². The van der Waals surface area contributed by atoms with Crippen LogP contribution in [0.3, 0.4) is 0 Å². The van der Waals surface area contributed by atoms with Crippen molar-refractivity contribution in [3.8, 4) is 0 Å². The van der Waals surface area contributed by atoms with Crippen LogP contribution in [-0.4, -0.2) is 30.7 Å². The fourth-order valence-electron chi connectivity index (χ4n) is 3.45. The third-order valence-electron chi connectivity index (χ3n) is 4.85. The summed E-state index contributed by atoms with van der Waals surface area (Å²) in [5.41, 5.74) is 1.42. The van der Waals surface area contributed by atoms with Gasteiger partial charge in [0.2, 0.25) is 0 Å². The number of benzene rings is 1. The molecule has 1 saturated heterocycles. The highest BCUT2D eigenvalue weighted by Gasteiger charge is 2.19. The van der Waals surface area contributed by atoms with Crippen molar-refractivity contribution in [1.82, 2.24) is 4.90 Å². The molecule has 23 heavy (non-hydrogen) atoms. The van der Waals surface area contributed by atoms with Crippen LogP contribution in [-0.2, 0) is 11.3 Å². The molecule has 2 rings (SSSR count). The van der Waals surface area contributed by atoms with Gasteiger partial charge in [0, 0.05) is 19.6 Å². The number of hydrogen-bond acceptors (Lipinski definition) is 2. The smallest absolute Gasteiger partial charge is 0.0702 e. The van der Waals surface area contributed by atoms with Gasteiger partial charge in [0.1, 0.15) is 0 Å². The molecule has 0 spiro atoms. The summed E-state index contributed by atoms with van der Waals surface area (Å²) in [7, 11) is 0. The lowest BCUT2D eigenvalue weighted by molar-refractivity contribution is -0.0358. The molecule has 0 radical (unpaired) electrons. The van der Waals surface area contributed by atoms with E-state index < -0.39 is 0 Å². The predicted molar refractivity (Wildman–Crippen MR) is 98.7 cm³/mol. The van der Waals surface area contributed by atoms with Gasteiger partial charge in [0.05, 0.1) is 12.7 Å². The second-order valence-corrected chi connectivity index (χ2v) is 6.98. The van der Waals surface area contributed by atoms with Crippen LogP contribution in [0.15, 0.2) is 30.3 Å². The van der Waals surface area contributed by atoms with E-state index in [-0.39, 0.29) is 0 Å². The first-order valence-corrected chi connectivity index (χ1v) is 9.76. The molecule has 1 atom stereocenters. The standard InChI is InChI=1S/C21H35NO/c1-2-3-4-5-6-7-8-12-15-21-19-22(16-17-23-21)18-20-13-10-9-11-14-20/h9-11,13-14,21H,2-8,12,15-19H2,1H3/t21-/m0/s1. The molecular weight excluding hydrogens is 282 g/mol. The molecule has 1 aliphatic rings. The van der Waals surface area contributed by atoms with Crippen LogP contribution in [0.4, 0.5) is 0 Å². The average Bonchev–Trinajstić information content (AvgIpc) is 2.58. The zero-order valence-corrected chi connectivity index (χ0v) is 15.0. The van der Waals surface area contributed by atoms with E-state index in [0.29, 0.717) is 6.10 Å². The molecule has 1 heterocycles. The van der Waals surface area contributed by atoms with E-state index in [0.717, 1.165) is 26.2 Å². The van der Waals surface area contributed by atoms with Gasteiger partial charge in [-0.05, 0) is 12.0 Å². The Hall–Kier alpha value is -0.860. The summed E-state index contributed by atoms with van der Waals surface area (Å²) in [6, 6.07) is 10.8. The van der Waals surface area contributed by atoms with Gasteiger partial charge in [-0.1, -0.05) is 88.6 Å². The summed E-state index contributed by atoms with van der Waals surface area (Å²) in [6.07, 6.45) is 12.8. The van der Waals surface area contributed by atoms with Gasteiger partial charge in [0.15, 0.2) is 0 Å². The molecule has 0 aromatic heterocycles. The molecule has 2 heteroatoms. The Morgan fingerprint density at radius 3 is 2.39 bits per heavy atom. The van der Waals surface area contributed by atoms with Gasteiger partial charge in [-0.3, -0.25) is 4.90 Å². The molecule has 0 aliphatic carbocycles. The number of unbranched alkanes of at least 4 members (excludes halogenated alkanes) is 7. The molecule has 1 aromatic carbocycles. The third kappa shape index (κ3) is 7.99. The second kappa shape index (κ2) is 11.6. The highest BCUT2D eigenvalue weighted by atomic mass is 16.5. The lowest BCUT2D eigenvalue weighted by Gasteiger charge is -2.33. The number of morpholine rings is 1. The number of rotatable bonds is 11. The summed E-state index contributed by atoms with van der Waals surface area (Å²) < 4.78 is 5.96. The van der Waals surface area contributed by atoms with E-state index in [9.17, 15) is 0 Å². The van der Waals surface area contributed by atoms with Crippen LogP contribution < -0.4 is 0 Å². The van der Waals surface area contributed by atoms with E-state index in [2.05, 4.69) is 42.2 Å². The highest BCUT2D eigenvalue weighted by Crippen LogP contribution is 2.16. The van der Waals surface area contributed by atoms with Crippen molar-refractivity contribution in [1.29, 1.82) is 0 Å². The van der Waals surface area contributed by atoms with Crippen molar-refractivity contribution < 1.29 is 4.74 Å². The largest absolute Gasteiger partial charge is 0.376 e. The first-order valence-electron chi connectivity index (χ1n) is 9.76. The van der Waals surface area contributed by atoms with Gasteiger partial charge in [0.25, 0.3) is 0 Å². The average molecular weight is 318 g/mol. The fraction of sp³-hybridized carbons (Fsp3) is 0.714. The number of ether oxygens (including phenoxy) is 1. The number of hydrogen-bond donors (Lipinski definition) is 0. The molecule has 0 unspecified atom stereocenters. The van der Waals surface area contributed by atoms with E-state index >= 15 is 0 Å². The normalized spacial score (nSPS) is 19.1. The maximum absolute atomic E-state index is 5.96. The SMILES string of the molecule is CCCCCCCCCC[C@H]1CN(Cc2ccccc2)CCO1. The Morgan fingerprint density at radius 2 is 1.65 bits per heavy atom.